The molecule has 0 aliphatic carbocycles. The van der Waals surface area contributed by atoms with Crippen LogP contribution in [0, 0.1) is 5.82 Å². The number of urea groups is 1. The number of anilines is 2. The van der Waals surface area contributed by atoms with Crippen LogP contribution in [0.2, 0.25) is 0 Å². The van der Waals surface area contributed by atoms with Crippen LogP contribution in [0.4, 0.5) is 20.6 Å². The lowest BCUT2D eigenvalue weighted by Crippen LogP contribution is -2.19. The summed E-state index contributed by atoms with van der Waals surface area (Å²) in [6, 6.07) is 16.6. The van der Waals surface area contributed by atoms with Gasteiger partial charge in [0.15, 0.2) is 0 Å². The van der Waals surface area contributed by atoms with Gasteiger partial charge in [0.25, 0.3) is 0 Å². The van der Waals surface area contributed by atoms with Crippen molar-refractivity contribution in [2.75, 3.05) is 10.6 Å². The van der Waals surface area contributed by atoms with Gasteiger partial charge in [-0.1, -0.05) is 0 Å². The first-order valence-electron chi connectivity index (χ1n) is 6.78. The van der Waals surface area contributed by atoms with E-state index < -0.39 is 0 Å². The van der Waals surface area contributed by atoms with Gasteiger partial charge in [-0.3, -0.25) is 0 Å². The first-order chi connectivity index (χ1) is 10.7. The summed E-state index contributed by atoms with van der Waals surface area (Å²) in [5.74, 6) is -0.341. The van der Waals surface area contributed by atoms with Gasteiger partial charge in [0.2, 0.25) is 0 Å². The highest BCUT2D eigenvalue weighted by Gasteiger charge is 2.03. The third kappa shape index (κ3) is 3.32. The number of nitrogens with one attached hydrogen (secondary N) is 2. The number of benzene rings is 2. The summed E-state index contributed by atoms with van der Waals surface area (Å²) < 4.78 is 14.8. The zero-order valence-corrected chi connectivity index (χ0v) is 11.7. The topological polar surface area (TPSA) is 46.1 Å². The predicted molar refractivity (Wildman–Crippen MR) is 84.8 cm³/mol. The molecule has 0 saturated carbocycles. The molecular weight excluding hydrogens is 281 g/mol. The average molecular weight is 295 g/mol. The molecule has 5 heteroatoms. The van der Waals surface area contributed by atoms with Crippen LogP contribution >= 0.6 is 0 Å². The zero-order valence-electron chi connectivity index (χ0n) is 11.7. The van der Waals surface area contributed by atoms with Crippen molar-refractivity contribution >= 4 is 17.4 Å². The summed E-state index contributed by atoms with van der Waals surface area (Å²) in [5, 5.41) is 5.36. The number of halogens is 1. The first-order valence-corrected chi connectivity index (χ1v) is 6.78. The SMILES string of the molecule is O=C(Nc1ccc(F)cc1)Nc1ccc(-n2cccc2)cc1. The summed E-state index contributed by atoms with van der Waals surface area (Å²) in [6.07, 6.45) is 3.90. The molecule has 3 aromatic rings. The van der Waals surface area contributed by atoms with Gasteiger partial charge in [-0.15, -0.1) is 0 Å². The van der Waals surface area contributed by atoms with E-state index in [1.165, 1.54) is 24.3 Å². The fourth-order valence-electron chi connectivity index (χ4n) is 2.05. The maximum atomic E-state index is 12.8. The van der Waals surface area contributed by atoms with E-state index in [1.807, 2.05) is 53.4 Å². The van der Waals surface area contributed by atoms with Crippen molar-refractivity contribution in [3.8, 4) is 5.69 Å². The number of hydrogen-bond donors (Lipinski definition) is 2. The smallest absolute Gasteiger partial charge is 0.323 e. The van der Waals surface area contributed by atoms with E-state index in [9.17, 15) is 9.18 Å². The molecule has 1 aromatic heterocycles. The molecule has 2 N–H and O–H groups in total. The Labute approximate surface area is 127 Å². The molecule has 0 radical (unpaired) electrons. The van der Waals surface area contributed by atoms with Gasteiger partial charge in [-0.05, 0) is 60.7 Å². The molecule has 110 valence electrons. The van der Waals surface area contributed by atoms with Gasteiger partial charge in [-0.25, -0.2) is 9.18 Å². The van der Waals surface area contributed by atoms with Crippen molar-refractivity contribution in [3.05, 3.63) is 78.9 Å². The third-order valence-electron chi connectivity index (χ3n) is 3.13. The van der Waals surface area contributed by atoms with Crippen LogP contribution in [0.5, 0.6) is 0 Å². The molecular formula is C17H14FN3O. The number of carbonyl (C=O) groups excluding carboxylic acids is 1. The van der Waals surface area contributed by atoms with E-state index in [0.717, 1.165) is 5.69 Å². The highest BCUT2D eigenvalue weighted by Crippen LogP contribution is 2.14. The Hall–Kier alpha value is -3.08. The van der Waals surface area contributed by atoms with E-state index in [0.29, 0.717) is 11.4 Å². The van der Waals surface area contributed by atoms with Gasteiger partial charge >= 0.3 is 6.03 Å². The Kier molecular flexibility index (Phi) is 3.87. The van der Waals surface area contributed by atoms with Crippen molar-refractivity contribution in [1.29, 1.82) is 0 Å². The molecule has 0 fully saturated rings. The molecule has 2 aromatic carbocycles. The number of aromatic nitrogens is 1. The van der Waals surface area contributed by atoms with E-state index in [-0.39, 0.29) is 11.8 Å². The normalized spacial score (nSPS) is 10.2. The Morgan fingerprint density at radius 1 is 0.818 bits per heavy atom. The average Bonchev–Trinajstić information content (AvgIpc) is 3.05. The summed E-state index contributed by atoms with van der Waals surface area (Å²) in [5.41, 5.74) is 2.22. The van der Waals surface area contributed by atoms with Crippen molar-refractivity contribution in [2.24, 2.45) is 0 Å². The standard InChI is InChI=1S/C17H14FN3O/c18-13-3-5-14(6-4-13)19-17(22)20-15-7-9-16(10-8-15)21-11-1-2-12-21/h1-12H,(H2,19,20,22). The second-order valence-electron chi connectivity index (χ2n) is 4.72. The van der Waals surface area contributed by atoms with Crippen molar-refractivity contribution < 1.29 is 9.18 Å². The molecule has 22 heavy (non-hydrogen) atoms. The Morgan fingerprint density at radius 3 is 1.86 bits per heavy atom. The number of amides is 2. The van der Waals surface area contributed by atoms with E-state index in [1.54, 1.807) is 0 Å². The molecule has 1 heterocycles. The van der Waals surface area contributed by atoms with Crippen LogP contribution in [-0.4, -0.2) is 10.6 Å². The molecule has 0 bridgehead atoms. The lowest BCUT2D eigenvalue weighted by Gasteiger charge is -2.09. The lowest BCUT2D eigenvalue weighted by atomic mass is 10.3. The van der Waals surface area contributed by atoms with Crippen LogP contribution in [0.25, 0.3) is 5.69 Å². The lowest BCUT2D eigenvalue weighted by molar-refractivity contribution is 0.262. The van der Waals surface area contributed by atoms with Crippen LogP contribution in [-0.2, 0) is 0 Å². The number of nitrogens with zero attached hydrogens (tertiary/aromatic N) is 1. The molecule has 4 nitrogen and oxygen atoms in total. The maximum absolute atomic E-state index is 12.8. The van der Waals surface area contributed by atoms with Gasteiger partial charge in [0, 0.05) is 29.5 Å². The van der Waals surface area contributed by atoms with Crippen LogP contribution in [0.1, 0.15) is 0 Å². The minimum Gasteiger partial charge on any atom is -0.324 e. The highest BCUT2D eigenvalue weighted by molar-refractivity contribution is 5.99. The second kappa shape index (κ2) is 6.13. The van der Waals surface area contributed by atoms with Crippen molar-refractivity contribution in [3.63, 3.8) is 0 Å². The van der Waals surface area contributed by atoms with Gasteiger partial charge < -0.3 is 15.2 Å². The fourth-order valence-corrected chi connectivity index (χ4v) is 2.05. The van der Waals surface area contributed by atoms with E-state index in [4.69, 9.17) is 0 Å². The molecule has 2 amide bonds. The predicted octanol–water partition coefficient (Wildman–Crippen LogP) is 4.26. The van der Waals surface area contributed by atoms with Crippen LogP contribution < -0.4 is 10.6 Å². The van der Waals surface area contributed by atoms with Gasteiger partial charge in [-0.2, -0.15) is 0 Å². The first kappa shape index (κ1) is 13.9. The highest BCUT2D eigenvalue weighted by atomic mass is 19.1. The Bertz CT molecular complexity index is 750. The summed E-state index contributed by atoms with van der Waals surface area (Å²) >= 11 is 0. The van der Waals surface area contributed by atoms with Crippen LogP contribution in [0.15, 0.2) is 73.1 Å². The summed E-state index contributed by atoms with van der Waals surface area (Å²) in [7, 11) is 0. The third-order valence-corrected chi connectivity index (χ3v) is 3.13. The molecule has 0 saturated heterocycles. The molecule has 0 spiro atoms. The number of hydrogen-bond acceptors (Lipinski definition) is 1. The minimum absolute atomic E-state index is 0.341. The van der Waals surface area contributed by atoms with Gasteiger partial charge in [0.1, 0.15) is 5.82 Å². The fraction of sp³-hybridized carbons (Fsp3) is 0. The largest absolute Gasteiger partial charge is 0.324 e. The van der Waals surface area contributed by atoms with Crippen LogP contribution in [0.3, 0.4) is 0 Å². The summed E-state index contributed by atoms with van der Waals surface area (Å²) in [6.45, 7) is 0. The molecule has 0 aliphatic heterocycles. The quantitative estimate of drug-likeness (QED) is 0.745. The Morgan fingerprint density at radius 2 is 1.32 bits per heavy atom. The monoisotopic (exact) mass is 295 g/mol. The zero-order chi connectivity index (χ0) is 15.4. The van der Waals surface area contributed by atoms with E-state index >= 15 is 0 Å². The molecule has 0 unspecified atom stereocenters. The summed E-state index contributed by atoms with van der Waals surface area (Å²) in [4.78, 5) is 11.9. The van der Waals surface area contributed by atoms with Gasteiger partial charge in [0.05, 0.1) is 0 Å². The second-order valence-corrected chi connectivity index (χ2v) is 4.72. The molecule has 0 aliphatic rings. The maximum Gasteiger partial charge on any atom is 0.323 e. The minimum atomic E-state index is -0.375. The molecule has 3 rings (SSSR count). The van der Waals surface area contributed by atoms with Crippen molar-refractivity contribution in [1.82, 2.24) is 4.57 Å². The molecule has 0 atom stereocenters. The van der Waals surface area contributed by atoms with E-state index in [2.05, 4.69) is 10.6 Å². The van der Waals surface area contributed by atoms with Crippen molar-refractivity contribution in [2.45, 2.75) is 0 Å². The number of rotatable bonds is 3. The Balaban J connectivity index is 1.63. The number of carbonyl (C=O) groups is 1.